The van der Waals surface area contributed by atoms with Crippen LogP contribution in [0.1, 0.15) is 13.8 Å². The Morgan fingerprint density at radius 1 is 0.778 bits per heavy atom. The van der Waals surface area contributed by atoms with Crippen molar-refractivity contribution in [3.8, 4) is 0 Å². The second kappa shape index (κ2) is 9.56. The third kappa shape index (κ3) is 5.96. The Labute approximate surface area is 205 Å². The summed E-state index contributed by atoms with van der Waals surface area (Å²) in [6, 6.07) is 12.1. The van der Waals surface area contributed by atoms with Crippen LogP contribution in [0.3, 0.4) is 0 Å². The van der Waals surface area contributed by atoms with Crippen LogP contribution in [0.25, 0.3) is 21.8 Å². The van der Waals surface area contributed by atoms with Gasteiger partial charge in [0, 0.05) is 46.4 Å². The molecule has 0 saturated carbocycles. The van der Waals surface area contributed by atoms with Crippen molar-refractivity contribution < 1.29 is 27.8 Å². The number of aromatic nitrogens is 2. The van der Waals surface area contributed by atoms with E-state index in [1.807, 2.05) is 0 Å². The summed E-state index contributed by atoms with van der Waals surface area (Å²) in [6.07, 6.45) is 5.23. The third-order valence-electron chi connectivity index (χ3n) is 5.46. The van der Waals surface area contributed by atoms with E-state index in [1.165, 1.54) is 38.1 Å². The van der Waals surface area contributed by atoms with Gasteiger partial charge in [0.05, 0.1) is 13.1 Å². The predicted octanol–water partition coefficient (Wildman–Crippen LogP) is 3.57. The van der Waals surface area contributed by atoms with Crippen molar-refractivity contribution in [3.05, 3.63) is 84.7 Å². The van der Waals surface area contributed by atoms with Crippen LogP contribution in [0.5, 0.6) is 0 Å². The minimum Gasteiger partial charge on any atom is -0.439 e. The van der Waals surface area contributed by atoms with E-state index < -0.39 is 23.4 Å². The molecule has 0 spiro atoms. The SMILES string of the molecule is C[C@@](N)(Cn1ccc2cc(F)ccc21)OC(=O)/C=C/C(=O)O[C@](C)(N)Cn1ccc2cc(F)ccc21. The van der Waals surface area contributed by atoms with Gasteiger partial charge >= 0.3 is 11.9 Å². The Bertz CT molecular complexity index is 1360. The molecule has 4 rings (SSSR count). The average molecular weight is 497 g/mol. The second-order valence-electron chi connectivity index (χ2n) is 9.09. The van der Waals surface area contributed by atoms with Crippen LogP contribution in [0.2, 0.25) is 0 Å². The number of benzene rings is 2. The van der Waals surface area contributed by atoms with E-state index in [9.17, 15) is 18.4 Å². The minimum absolute atomic E-state index is 0.0990. The number of fused-ring (bicyclic) bond motifs is 2. The molecule has 0 unspecified atom stereocenters. The molecule has 2 atom stereocenters. The number of halogens is 2. The Morgan fingerprint density at radius 2 is 1.17 bits per heavy atom. The van der Waals surface area contributed by atoms with Crippen molar-refractivity contribution in [1.29, 1.82) is 0 Å². The summed E-state index contributed by atoms with van der Waals surface area (Å²) >= 11 is 0. The number of hydrogen-bond acceptors (Lipinski definition) is 6. The summed E-state index contributed by atoms with van der Waals surface area (Å²) in [5, 5.41) is 1.37. The maximum atomic E-state index is 13.4. The predicted molar refractivity (Wildman–Crippen MR) is 130 cm³/mol. The van der Waals surface area contributed by atoms with Crippen molar-refractivity contribution in [1.82, 2.24) is 9.13 Å². The number of carbonyl (C=O) groups excluding carboxylic acids is 2. The monoisotopic (exact) mass is 496 g/mol. The fraction of sp³-hybridized carbons (Fsp3) is 0.231. The summed E-state index contributed by atoms with van der Waals surface area (Å²) in [5.41, 5.74) is 10.9. The highest BCUT2D eigenvalue weighted by Crippen LogP contribution is 2.21. The molecule has 0 radical (unpaired) electrons. The molecular formula is C26H26F2N4O4. The van der Waals surface area contributed by atoms with Crippen LogP contribution < -0.4 is 11.5 Å². The van der Waals surface area contributed by atoms with Gasteiger partial charge in [0.15, 0.2) is 11.4 Å². The van der Waals surface area contributed by atoms with Gasteiger partial charge in [-0.15, -0.1) is 0 Å². The average Bonchev–Trinajstić information content (AvgIpc) is 3.34. The van der Waals surface area contributed by atoms with Crippen molar-refractivity contribution >= 4 is 33.7 Å². The highest BCUT2D eigenvalue weighted by atomic mass is 19.1. The Kier molecular flexibility index (Phi) is 6.66. The van der Waals surface area contributed by atoms with Gasteiger partial charge in [-0.2, -0.15) is 0 Å². The third-order valence-corrected chi connectivity index (χ3v) is 5.46. The standard InChI is InChI=1S/C26H26F2N4O4/c1-25(29,15-31-11-9-17-13-19(27)3-5-21(17)31)35-23(33)7-8-24(34)36-26(2,30)16-32-12-10-18-14-20(28)4-6-22(18)32/h3-14H,15-16,29-30H2,1-2H3/b8-7+/t25-,26-/m0/s1. The first-order valence-electron chi connectivity index (χ1n) is 11.1. The zero-order chi connectivity index (χ0) is 26.1. The summed E-state index contributed by atoms with van der Waals surface area (Å²) in [4.78, 5) is 24.5. The Hall–Kier alpha value is -4.02. The van der Waals surface area contributed by atoms with Gasteiger partial charge in [0.25, 0.3) is 0 Å². The van der Waals surface area contributed by atoms with Crippen LogP contribution in [-0.4, -0.2) is 32.5 Å². The van der Waals surface area contributed by atoms with Gasteiger partial charge in [-0.1, -0.05) is 0 Å². The molecule has 0 aliphatic heterocycles. The van der Waals surface area contributed by atoms with Crippen LogP contribution in [0.15, 0.2) is 73.1 Å². The summed E-state index contributed by atoms with van der Waals surface area (Å²) < 4.78 is 40.9. The smallest absolute Gasteiger partial charge is 0.332 e. The van der Waals surface area contributed by atoms with Gasteiger partial charge in [-0.05, 0) is 62.4 Å². The van der Waals surface area contributed by atoms with E-state index in [-0.39, 0.29) is 24.7 Å². The Morgan fingerprint density at radius 3 is 1.56 bits per heavy atom. The first kappa shape index (κ1) is 25.1. The van der Waals surface area contributed by atoms with Crippen molar-refractivity contribution in [2.24, 2.45) is 11.5 Å². The van der Waals surface area contributed by atoms with E-state index in [4.69, 9.17) is 20.9 Å². The zero-order valence-corrected chi connectivity index (χ0v) is 19.8. The molecule has 0 fully saturated rings. The number of rotatable bonds is 8. The number of esters is 2. The lowest BCUT2D eigenvalue weighted by Gasteiger charge is -2.26. The summed E-state index contributed by atoms with van der Waals surface area (Å²) in [6.45, 7) is 3.22. The lowest BCUT2D eigenvalue weighted by Crippen LogP contribution is -2.45. The molecule has 4 N–H and O–H groups in total. The van der Waals surface area contributed by atoms with E-state index in [0.29, 0.717) is 10.8 Å². The maximum Gasteiger partial charge on any atom is 0.332 e. The van der Waals surface area contributed by atoms with E-state index in [2.05, 4.69) is 0 Å². The highest BCUT2D eigenvalue weighted by molar-refractivity contribution is 5.92. The van der Waals surface area contributed by atoms with Gasteiger partial charge < -0.3 is 18.6 Å². The molecule has 0 aliphatic carbocycles. The lowest BCUT2D eigenvalue weighted by molar-refractivity contribution is -0.155. The molecule has 8 nitrogen and oxygen atoms in total. The molecule has 4 aromatic rings. The molecule has 0 amide bonds. The first-order chi connectivity index (χ1) is 16.9. The van der Waals surface area contributed by atoms with Crippen molar-refractivity contribution in [2.75, 3.05) is 0 Å². The van der Waals surface area contributed by atoms with E-state index >= 15 is 0 Å². The minimum atomic E-state index is -1.41. The molecular weight excluding hydrogens is 470 g/mol. The number of nitrogens with two attached hydrogens (primary N) is 2. The quantitative estimate of drug-likeness (QED) is 0.219. The number of ether oxygens (including phenoxy) is 2. The fourth-order valence-corrected chi connectivity index (χ4v) is 4.02. The van der Waals surface area contributed by atoms with Gasteiger partial charge in [0.2, 0.25) is 0 Å². The molecule has 10 heteroatoms. The van der Waals surface area contributed by atoms with Gasteiger partial charge in [-0.25, -0.2) is 18.4 Å². The van der Waals surface area contributed by atoms with Crippen LogP contribution >= 0.6 is 0 Å². The molecule has 0 saturated heterocycles. The molecule has 2 heterocycles. The van der Waals surface area contributed by atoms with E-state index in [0.717, 1.165) is 23.2 Å². The van der Waals surface area contributed by atoms with Crippen LogP contribution in [0.4, 0.5) is 8.78 Å². The van der Waals surface area contributed by atoms with Crippen LogP contribution in [-0.2, 0) is 32.2 Å². The zero-order valence-electron chi connectivity index (χ0n) is 19.8. The van der Waals surface area contributed by atoms with Gasteiger partial charge in [-0.3, -0.25) is 11.5 Å². The van der Waals surface area contributed by atoms with E-state index in [1.54, 1.807) is 45.8 Å². The summed E-state index contributed by atoms with van der Waals surface area (Å²) in [7, 11) is 0. The lowest BCUT2D eigenvalue weighted by atomic mass is 10.2. The summed E-state index contributed by atoms with van der Waals surface area (Å²) in [5.74, 6) is -2.41. The largest absolute Gasteiger partial charge is 0.439 e. The van der Waals surface area contributed by atoms with Crippen LogP contribution in [0, 0.1) is 11.6 Å². The molecule has 36 heavy (non-hydrogen) atoms. The maximum absolute atomic E-state index is 13.4. The van der Waals surface area contributed by atoms with Crippen molar-refractivity contribution in [3.63, 3.8) is 0 Å². The first-order valence-corrected chi connectivity index (χ1v) is 11.1. The fourth-order valence-electron chi connectivity index (χ4n) is 4.02. The molecule has 2 aromatic heterocycles. The van der Waals surface area contributed by atoms with Crippen molar-refractivity contribution in [2.45, 2.75) is 38.4 Å². The molecule has 188 valence electrons. The molecule has 0 aliphatic rings. The Balaban J connectivity index is 1.33. The van der Waals surface area contributed by atoms with Gasteiger partial charge in [0.1, 0.15) is 11.6 Å². The second-order valence-corrected chi connectivity index (χ2v) is 9.09. The molecule has 0 bridgehead atoms. The number of nitrogens with zero attached hydrogens (tertiary/aromatic N) is 2. The number of hydrogen-bond donors (Lipinski definition) is 2. The molecule has 2 aromatic carbocycles. The normalized spacial score (nSPS) is 15.2. The number of carbonyl (C=O) groups is 2. The highest BCUT2D eigenvalue weighted by Gasteiger charge is 2.26. The topological polar surface area (TPSA) is 114 Å².